The van der Waals surface area contributed by atoms with E-state index in [2.05, 4.69) is 20.8 Å². The molecule has 2 amide bonds. The van der Waals surface area contributed by atoms with Crippen molar-refractivity contribution < 1.29 is 9.59 Å². The van der Waals surface area contributed by atoms with Gasteiger partial charge in [0.15, 0.2) is 0 Å². The number of amides is 2. The van der Waals surface area contributed by atoms with Crippen molar-refractivity contribution >= 4 is 34.6 Å². The van der Waals surface area contributed by atoms with Gasteiger partial charge in [0, 0.05) is 11.2 Å². The van der Waals surface area contributed by atoms with Gasteiger partial charge in [0.25, 0.3) is 5.56 Å². The summed E-state index contributed by atoms with van der Waals surface area (Å²) in [5, 5.41) is 6.99. The summed E-state index contributed by atoms with van der Waals surface area (Å²) in [5.74, 6) is -1.78. The number of para-hydroxylation sites is 1. The molecule has 26 heavy (non-hydrogen) atoms. The van der Waals surface area contributed by atoms with Gasteiger partial charge < -0.3 is 10.3 Å². The van der Waals surface area contributed by atoms with Crippen LogP contribution in [0.4, 0.5) is 5.69 Å². The molecule has 1 heterocycles. The number of hydrogen-bond acceptors (Lipinski definition) is 4. The molecular formula is C19H16N4O3. The summed E-state index contributed by atoms with van der Waals surface area (Å²) in [4.78, 5) is 38.3. The van der Waals surface area contributed by atoms with E-state index in [4.69, 9.17) is 0 Å². The van der Waals surface area contributed by atoms with Crippen molar-refractivity contribution in [3.63, 3.8) is 0 Å². The van der Waals surface area contributed by atoms with E-state index in [9.17, 15) is 14.4 Å². The molecule has 0 atom stereocenters. The zero-order valence-electron chi connectivity index (χ0n) is 13.9. The van der Waals surface area contributed by atoms with E-state index in [1.807, 2.05) is 31.2 Å². The zero-order chi connectivity index (χ0) is 18.5. The monoisotopic (exact) mass is 348 g/mol. The van der Waals surface area contributed by atoms with E-state index in [0.717, 1.165) is 10.9 Å². The van der Waals surface area contributed by atoms with Gasteiger partial charge in [0.1, 0.15) is 0 Å². The summed E-state index contributed by atoms with van der Waals surface area (Å²) < 4.78 is 0. The van der Waals surface area contributed by atoms with Crippen LogP contribution in [0.15, 0.2) is 64.5 Å². The maximum absolute atomic E-state index is 12.0. The Hall–Kier alpha value is -3.74. The SMILES string of the molecule is Cc1cccc(NC(=O)C(=O)NN=Cc2cc3ccccc3[nH]c2=O)c1. The van der Waals surface area contributed by atoms with E-state index in [1.54, 1.807) is 30.3 Å². The summed E-state index contributed by atoms with van der Waals surface area (Å²) >= 11 is 0. The van der Waals surface area contributed by atoms with Gasteiger partial charge in [-0.1, -0.05) is 30.3 Å². The Labute approximate surface area is 148 Å². The number of fused-ring (bicyclic) bond motifs is 1. The number of anilines is 1. The van der Waals surface area contributed by atoms with Crippen LogP contribution in [0, 0.1) is 6.92 Å². The third-order valence-corrected chi connectivity index (χ3v) is 3.63. The lowest BCUT2D eigenvalue weighted by atomic mass is 10.2. The minimum absolute atomic E-state index is 0.267. The highest BCUT2D eigenvalue weighted by molar-refractivity contribution is 6.39. The van der Waals surface area contributed by atoms with E-state index in [1.165, 1.54) is 6.21 Å². The van der Waals surface area contributed by atoms with E-state index in [0.29, 0.717) is 11.2 Å². The number of aryl methyl sites for hydroxylation is 1. The highest BCUT2D eigenvalue weighted by atomic mass is 16.2. The highest BCUT2D eigenvalue weighted by Crippen LogP contribution is 2.10. The average Bonchev–Trinajstić information content (AvgIpc) is 2.62. The van der Waals surface area contributed by atoms with Gasteiger partial charge in [0.05, 0.1) is 11.8 Å². The summed E-state index contributed by atoms with van der Waals surface area (Å²) in [6.45, 7) is 1.88. The zero-order valence-corrected chi connectivity index (χ0v) is 13.9. The van der Waals surface area contributed by atoms with Gasteiger partial charge in [0.2, 0.25) is 0 Å². The van der Waals surface area contributed by atoms with Crippen molar-refractivity contribution in [2.75, 3.05) is 5.32 Å². The molecule has 0 spiro atoms. The van der Waals surface area contributed by atoms with Crippen molar-refractivity contribution in [2.24, 2.45) is 5.10 Å². The number of rotatable bonds is 3. The van der Waals surface area contributed by atoms with Crippen LogP contribution in [0.2, 0.25) is 0 Å². The number of carbonyl (C=O) groups is 2. The first-order valence-electron chi connectivity index (χ1n) is 7.86. The molecule has 0 unspecified atom stereocenters. The van der Waals surface area contributed by atoms with Gasteiger partial charge in [-0.15, -0.1) is 0 Å². The molecule has 0 saturated carbocycles. The largest absolute Gasteiger partial charge is 0.329 e. The number of aromatic nitrogens is 1. The smallest absolute Gasteiger partial charge is 0.321 e. The molecule has 1 aromatic heterocycles. The standard InChI is InChI=1S/C19H16N4O3/c1-12-5-4-7-15(9-12)21-18(25)19(26)23-20-11-14-10-13-6-2-3-8-16(13)22-17(14)24/h2-11H,1H3,(H,21,25)(H,22,24)(H,23,26). The van der Waals surface area contributed by atoms with Gasteiger partial charge in [-0.2, -0.15) is 5.10 Å². The summed E-state index contributed by atoms with van der Waals surface area (Å²) in [7, 11) is 0. The van der Waals surface area contributed by atoms with Crippen LogP contribution in [-0.2, 0) is 9.59 Å². The number of nitrogens with zero attached hydrogens (tertiary/aromatic N) is 1. The molecule has 7 nitrogen and oxygen atoms in total. The van der Waals surface area contributed by atoms with Crippen LogP contribution in [0.1, 0.15) is 11.1 Å². The van der Waals surface area contributed by atoms with Crippen molar-refractivity contribution in [1.82, 2.24) is 10.4 Å². The normalized spacial score (nSPS) is 10.8. The van der Waals surface area contributed by atoms with Crippen LogP contribution < -0.4 is 16.3 Å². The summed E-state index contributed by atoms with van der Waals surface area (Å²) in [5.41, 5.74) is 4.21. The fourth-order valence-corrected chi connectivity index (χ4v) is 2.38. The number of benzene rings is 2. The molecule has 0 bridgehead atoms. The quantitative estimate of drug-likeness (QED) is 0.383. The Bertz CT molecular complexity index is 1070. The second kappa shape index (κ2) is 7.43. The minimum atomic E-state index is -0.931. The molecule has 130 valence electrons. The van der Waals surface area contributed by atoms with Crippen molar-refractivity contribution in [3.8, 4) is 0 Å². The molecule has 3 rings (SSSR count). The van der Waals surface area contributed by atoms with Gasteiger partial charge in [-0.05, 0) is 42.1 Å². The number of carbonyl (C=O) groups excluding carboxylic acids is 2. The third-order valence-electron chi connectivity index (χ3n) is 3.63. The van der Waals surface area contributed by atoms with E-state index in [-0.39, 0.29) is 11.1 Å². The minimum Gasteiger partial charge on any atom is -0.321 e. The number of hydrogen-bond donors (Lipinski definition) is 3. The van der Waals surface area contributed by atoms with Crippen molar-refractivity contribution in [2.45, 2.75) is 6.92 Å². The predicted octanol–water partition coefficient (Wildman–Crippen LogP) is 1.93. The Kier molecular flexibility index (Phi) is 4.89. The lowest BCUT2D eigenvalue weighted by molar-refractivity contribution is -0.136. The molecule has 0 aliphatic heterocycles. The molecule has 2 aromatic carbocycles. The van der Waals surface area contributed by atoms with Crippen molar-refractivity contribution in [3.05, 3.63) is 76.1 Å². The van der Waals surface area contributed by atoms with E-state index >= 15 is 0 Å². The molecule has 0 aliphatic rings. The van der Waals surface area contributed by atoms with Crippen LogP contribution in [-0.4, -0.2) is 23.0 Å². The van der Waals surface area contributed by atoms with Crippen LogP contribution in [0.3, 0.4) is 0 Å². The molecule has 0 radical (unpaired) electrons. The topological polar surface area (TPSA) is 103 Å². The number of aromatic amines is 1. The van der Waals surface area contributed by atoms with Crippen LogP contribution >= 0.6 is 0 Å². The molecule has 0 saturated heterocycles. The first kappa shape index (κ1) is 17.1. The Morgan fingerprint density at radius 3 is 2.65 bits per heavy atom. The lowest BCUT2D eigenvalue weighted by Crippen LogP contribution is -2.32. The first-order chi connectivity index (χ1) is 12.5. The summed E-state index contributed by atoms with van der Waals surface area (Å²) in [6.07, 6.45) is 1.20. The molecule has 0 aliphatic carbocycles. The van der Waals surface area contributed by atoms with Crippen LogP contribution in [0.5, 0.6) is 0 Å². The fraction of sp³-hybridized carbons (Fsp3) is 0.0526. The maximum Gasteiger partial charge on any atom is 0.329 e. The van der Waals surface area contributed by atoms with Gasteiger partial charge >= 0.3 is 11.8 Å². The van der Waals surface area contributed by atoms with Gasteiger partial charge in [-0.3, -0.25) is 14.4 Å². The molecule has 7 heteroatoms. The Morgan fingerprint density at radius 2 is 1.85 bits per heavy atom. The second-order valence-electron chi connectivity index (χ2n) is 5.66. The number of H-pyrrole nitrogens is 1. The Balaban J connectivity index is 1.66. The van der Waals surface area contributed by atoms with Crippen LogP contribution in [0.25, 0.3) is 10.9 Å². The number of nitrogens with one attached hydrogen (secondary N) is 3. The second-order valence-corrected chi connectivity index (χ2v) is 5.66. The van der Waals surface area contributed by atoms with Gasteiger partial charge in [-0.25, -0.2) is 5.43 Å². The van der Waals surface area contributed by atoms with E-state index < -0.39 is 11.8 Å². The molecule has 3 aromatic rings. The summed E-state index contributed by atoms with van der Waals surface area (Å²) in [6, 6.07) is 16.0. The fourth-order valence-electron chi connectivity index (χ4n) is 2.38. The molecular weight excluding hydrogens is 332 g/mol. The first-order valence-corrected chi connectivity index (χ1v) is 7.86. The lowest BCUT2D eigenvalue weighted by Gasteiger charge is -2.04. The average molecular weight is 348 g/mol. The van der Waals surface area contributed by atoms with Crippen molar-refractivity contribution in [1.29, 1.82) is 0 Å². The number of hydrazone groups is 1. The molecule has 3 N–H and O–H groups in total. The Morgan fingerprint density at radius 1 is 1.04 bits per heavy atom. The highest BCUT2D eigenvalue weighted by Gasteiger charge is 2.12. The number of pyridine rings is 1. The third kappa shape index (κ3) is 4.02. The predicted molar refractivity (Wildman–Crippen MR) is 100 cm³/mol. The molecule has 0 fully saturated rings. The maximum atomic E-state index is 12.0.